The molecule has 2 aromatic heterocycles. The molecular weight excluding hydrogens is 911 g/mol. The van der Waals surface area contributed by atoms with Crippen LogP contribution in [0.3, 0.4) is 0 Å². The molecule has 0 saturated carbocycles. The first-order chi connectivity index (χ1) is 20.7. The third-order valence-electron chi connectivity index (χ3n) is 6.27. The summed E-state index contributed by atoms with van der Waals surface area (Å²) >= 11 is 0. The van der Waals surface area contributed by atoms with Crippen molar-refractivity contribution >= 4 is 34.1 Å². The molecule has 6 aromatic rings. The Hall–Kier alpha value is -4.12. The van der Waals surface area contributed by atoms with E-state index in [-0.39, 0.29) is 42.1 Å². The molecule has 232 valence electrons. The molecule has 2 aliphatic heterocycles. The second-order valence-electron chi connectivity index (χ2n) is 9.11. The summed E-state index contributed by atoms with van der Waals surface area (Å²) in [5, 5.41) is 13.9. The van der Waals surface area contributed by atoms with Crippen molar-refractivity contribution in [3.8, 4) is 0 Å². The van der Waals surface area contributed by atoms with Crippen LogP contribution in [0.1, 0.15) is 0 Å². The Balaban J connectivity index is 0.000000177. The number of nitrogens with zero attached hydrogens (tertiary/aromatic N) is 8. The molecule has 44 heavy (non-hydrogen) atoms. The zero-order valence-corrected chi connectivity index (χ0v) is 28.6. The van der Waals surface area contributed by atoms with E-state index < -0.39 is 0 Å². The van der Waals surface area contributed by atoms with E-state index in [2.05, 4.69) is 140 Å². The fourth-order valence-corrected chi connectivity index (χ4v) is 4.36. The van der Waals surface area contributed by atoms with Crippen LogP contribution in [-0.2, 0) is 42.1 Å². The van der Waals surface area contributed by atoms with Crippen molar-refractivity contribution in [2.45, 2.75) is 0 Å². The van der Waals surface area contributed by atoms with Gasteiger partial charge in [-0.3, -0.25) is 0 Å². The van der Waals surface area contributed by atoms with Gasteiger partial charge in [-0.15, -0.1) is 11.4 Å². The summed E-state index contributed by atoms with van der Waals surface area (Å²) in [4.78, 5) is 8.54. The summed E-state index contributed by atoms with van der Waals surface area (Å²) < 4.78 is 0. The van der Waals surface area contributed by atoms with Gasteiger partial charge in [0.1, 0.15) is 0 Å². The number of hydrogen-bond donors (Lipinski definition) is 0. The van der Waals surface area contributed by atoms with Gasteiger partial charge in [-0.25, -0.2) is 0 Å². The minimum atomic E-state index is 0. The SMILES string of the molecule is CN1[CH-]N(c2[c-]cccc2)c2ccccc21.CN1[CH-]N(c2[c-]cccc2)c2ccccc21.[Pt].[Pt].c1cn[n-]c1.c1cn[n-]c1. The smallest absolute Gasteiger partial charge is 0.0326 e. The molecular formula is C34H30N8Pt2-6. The minimum Gasteiger partial charge on any atom is -0.582 e. The Morgan fingerprint density at radius 3 is 1.20 bits per heavy atom. The summed E-state index contributed by atoms with van der Waals surface area (Å²) in [7, 11) is 4.11. The van der Waals surface area contributed by atoms with Crippen LogP contribution in [-0.4, -0.2) is 24.3 Å². The van der Waals surface area contributed by atoms with Crippen molar-refractivity contribution in [3.63, 3.8) is 0 Å². The first-order valence-electron chi connectivity index (χ1n) is 13.3. The van der Waals surface area contributed by atoms with Gasteiger partial charge in [0, 0.05) is 77.3 Å². The largest absolute Gasteiger partial charge is 0.582 e. The molecule has 8 rings (SSSR count). The number of para-hydroxylation sites is 6. The fourth-order valence-electron chi connectivity index (χ4n) is 4.36. The second-order valence-corrected chi connectivity index (χ2v) is 9.11. The van der Waals surface area contributed by atoms with Crippen LogP contribution in [0.25, 0.3) is 0 Å². The predicted octanol–water partition coefficient (Wildman–Crippen LogP) is 6.46. The number of anilines is 6. The zero-order valence-electron chi connectivity index (χ0n) is 24.1. The maximum atomic E-state index is 3.47. The number of hydrogen-bond acceptors (Lipinski definition) is 6. The summed E-state index contributed by atoms with van der Waals surface area (Å²) in [5.74, 6) is 0. The summed E-state index contributed by atoms with van der Waals surface area (Å²) in [6.45, 7) is 4.16. The Morgan fingerprint density at radius 2 is 0.909 bits per heavy atom. The summed E-state index contributed by atoms with van der Waals surface area (Å²) in [6.07, 6.45) is 6.56. The van der Waals surface area contributed by atoms with Crippen molar-refractivity contribution in [3.05, 3.63) is 159 Å². The molecule has 0 atom stereocenters. The van der Waals surface area contributed by atoms with Gasteiger partial charge in [0.15, 0.2) is 0 Å². The van der Waals surface area contributed by atoms with Crippen LogP contribution >= 0.6 is 0 Å². The second kappa shape index (κ2) is 17.9. The van der Waals surface area contributed by atoms with E-state index in [1.165, 1.54) is 22.7 Å². The normalized spacial score (nSPS) is 12.0. The zero-order chi connectivity index (χ0) is 29.0. The molecule has 0 fully saturated rings. The molecule has 4 aromatic carbocycles. The van der Waals surface area contributed by atoms with E-state index in [9.17, 15) is 0 Å². The van der Waals surface area contributed by atoms with Crippen LogP contribution in [0.5, 0.6) is 0 Å². The average Bonchev–Trinajstić information content (AvgIpc) is 3.89. The summed E-state index contributed by atoms with van der Waals surface area (Å²) in [5.41, 5.74) is 6.98. The molecule has 4 heterocycles. The minimum absolute atomic E-state index is 0. The van der Waals surface area contributed by atoms with Crippen molar-refractivity contribution < 1.29 is 42.1 Å². The molecule has 0 bridgehead atoms. The number of aromatic nitrogens is 4. The molecule has 0 amide bonds. The number of benzene rings is 4. The van der Waals surface area contributed by atoms with Gasteiger partial charge in [-0.05, 0) is 38.4 Å². The molecule has 8 nitrogen and oxygen atoms in total. The average molecular weight is 941 g/mol. The molecule has 0 unspecified atom stereocenters. The Kier molecular flexibility index (Phi) is 14.0. The predicted molar refractivity (Wildman–Crippen MR) is 168 cm³/mol. The third-order valence-corrected chi connectivity index (χ3v) is 6.27. The van der Waals surface area contributed by atoms with Crippen molar-refractivity contribution in [2.24, 2.45) is 0 Å². The molecule has 2 aliphatic rings. The van der Waals surface area contributed by atoms with E-state index in [4.69, 9.17) is 0 Å². The topological polar surface area (TPSA) is 66.9 Å². The molecule has 0 N–H and O–H groups in total. The van der Waals surface area contributed by atoms with Gasteiger partial charge in [-0.2, -0.15) is 86.4 Å². The Labute approximate surface area is 288 Å². The third kappa shape index (κ3) is 8.95. The quantitative estimate of drug-likeness (QED) is 0.184. The van der Waals surface area contributed by atoms with Crippen molar-refractivity contribution in [2.75, 3.05) is 33.7 Å². The Morgan fingerprint density at radius 1 is 0.523 bits per heavy atom. The van der Waals surface area contributed by atoms with Crippen LogP contribution in [0.2, 0.25) is 0 Å². The van der Waals surface area contributed by atoms with E-state index in [1.807, 2.05) is 36.4 Å². The molecule has 0 saturated heterocycles. The van der Waals surface area contributed by atoms with Crippen LogP contribution in [0.15, 0.2) is 134 Å². The van der Waals surface area contributed by atoms with Gasteiger partial charge in [0.2, 0.25) is 0 Å². The first kappa shape index (κ1) is 34.4. The molecule has 0 spiro atoms. The van der Waals surface area contributed by atoms with Crippen molar-refractivity contribution in [1.82, 2.24) is 20.4 Å². The number of fused-ring (bicyclic) bond motifs is 2. The molecule has 0 radical (unpaired) electrons. The molecule has 10 heteroatoms. The van der Waals surface area contributed by atoms with E-state index in [1.54, 1.807) is 36.9 Å². The van der Waals surface area contributed by atoms with Gasteiger partial charge < -0.3 is 40.0 Å². The fraction of sp³-hybridized carbons (Fsp3) is 0.0588. The van der Waals surface area contributed by atoms with E-state index in [0.717, 1.165) is 11.4 Å². The van der Waals surface area contributed by atoms with Crippen LogP contribution < -0.4 is 29.8 Å². The van der Waals surface area contributed by atoms with E-state index >= 15 is 0 Å². The molecule has 0 aliphatic carbocycles. The monoisotopic (exact) mass is 940 g/mol. The van der Waals surface area contributed by atoms with Crippen LogP contribution in [0.4, 0.5) is 34.1 Å². The van der Waals surface area contributed by atoms with Crippen LogP contribution in [0, 0.1) is 25.5 Å². The maximum absolute atomic E-state index is 3.47. The van der Waals surface area contributed by atoms with Crippen molar-refractivity contribution in [1.29, 1.82) is 0 Å². The number of rotatable bonds is 2. The first-order valence-corrected chi connectivity index (χ1v) is 13.3. The summed E-state index contributed by atoms with van der Waals surface area (Å²) in [6, 6.07) is 42.8. The van der Waals surface area contributed by atoms with Gasteiger partial charge in [0.25, 0.3) is 0 Å². The van der Waals surface area contributed by atoms with E-state index in [0.29, 0.717) is 0 Å². The maximum Gasteiger partial charge on any atom is 0.0326 e. The van der Waals surface area contributed by atoms with Gasteiger partial charge in [0.05, 0.1) is 0 Å². The van der Waals surface area contributed by atoms with Gasteiger partial charge >= 0.3 is 0 Å². The van der Waals surface area contributed by atoms with Gasteiger partial charge in [-0.1, -0.05) is 36.4 Å². The Bertz CT molecular complexity index is 1430. The standard InChI is InChI=1S/2C14H12N2.2C3H3N2.2Pt/c2*1-15-11-16(12-7-3-2-4-8-12)14-10-6-5-9-13(14)15;2*1-2-4-5-3-1;;/h2*2-7,9-11H,1H3;2*1-3H;;/q2*-2;2*-1;;.